The van der Waals surface area contributed by atoms with Crippen molar-refractivity contribution in [3.8, 4) is 22.3 Å². The van der Waals surface area contributed by atoms with Crippen LogP contribution >= 0.6 is 7.92 Å². The molecule has 0 saturated heterocycles. The summed E-state index contributed by atoms with van der Waals surface area (Å²) in [5.41, 5.74) is 5.49. The van der Waals surface area contributed by atoms with Gasteiger partial charge in [0.25, 0.3) is 0 Å². The van der Waals surface area contributed by atoms with Gasteiger partial charge in [-0.1, -0.05) is 99.1 Å². The van der Waals surface area contributed by atoms with Crippen LogP contribution in [0.3, 0.4) is 0 Å². The van der Waals surface area contributed by atoms with Gasteiger partial charge in [0.05, 0.1) is 0 Å². The molecule has 1 atom stereocenters. The van der Waals surface area contributed by atoms with Crippen LogP contribution in [-0.2, 0) is 21.7 Å². The monoisotopic (exact) mass is 554 g/mol. The Bertz CT molecular complexity index is 1600. The van der Waals surface area contributed by atoms with E-state index < -0.39 is 0 Å². The molecule has 0 spiro atoms. The van der Waals surface area contributed by atoms with Gasteiger partial charge in [-0.2, -0.15) is 18.2 Å². The third-order valence-electron chi connectivity index (χ3n) is 7.03. The molecule has 6 aromatic rings. The summed E-state index contributed by atoms with van der Waals surface area (Å²) >= 11 is 0. The normalized spacial score (nSPS) is 12.8. The van der Waals surface area contributed by atoms with Crippen LogP contribution in [0.15, 0.2) is 121 Å². The Balaban J connectivity index is 0.000000202. The van der Waals surface area contributed by atoms with Crippen molar-refractivity contribution in [2.45, 2.75) is 19.8 Å². The summed E-state index contributed by atoms with van der Waals surface area (Å²) in [6.45, 7) is 2.29. The molecule has 1 unspecified atom stereocenters. The Hall–Kier alpha value is -2.90. The van der Waals surface area contributed by atoms with Crippen LogP contribution in [0.25, 0.3) is 43.8 Å². The van der Waals surface area contributed by atoms with Gasteiger partial charge in [-0.25, -0.2) is 0 Å². The van der Waals surface area contributed by atoms with Crippen LogP contribution in [-0.4, -0.2) is 6.16 Å². The molecule has 1 heterocycles. The number of hydrogen-bond acceptors (Lipinski definition) is 0. The Kier molecular flexibility index (Phi) is 10.3. The molecular formula is C34H29F2PTi. The fourth-order valence-corrected chi connectivity index (χ4v) is 8.02. The van der Waals surface area contributed by atoms with Gasteiger partial charge in [0.15, 0.2) is 0 Å². The second-order valence-corrected chi connectivity index (χ2v) is 11.5. The molecule has 0 amide bonds. The summed E-state index contributed by atoms with van der Waals surface area (Å²) in [6.07, 6.45) is 3.93. The second-order valence-electron chi connectivity index (χ2n) is 9.24. The van der Waals surface area contributed by atoms with Crippen molar-refractivity contribution >= 4 is 40.1 Å². The quantitative estimate of drug-likeness (QED) is 0.179. The molecule has 188 valence electrons. The van der Waals surface area contributed by atoms with Gasteiger partial charge in [0.2, 0.25) is 0 Å². The minimum Gasteiger partial charge on any atom is -1.00 e. The maximum atomic E-state index is 2.45. The van der Waals surface area contributed by atoms with Gasteiger partial charge in [-0.05, 0) is 29.0 Å². The molecular weight excluding hydrogens is 525 g/mol. The number of unbranched alkanes of at least 4 members (excludes halogenated alkanes) is 1. The van der Waals surface area contributed by atoms with Gasteiger partial charge in [0.1, 0.15) is 0 Å². The van der Waals surface area contributed by atoms with Gasteiger partial charge in [-0.3, -0.25) is 0 Å². The Labute approximate surface area is 239 Å². The summed E-state index contributed by atoms with van der Waals surface area (Å²) in [5, 5.41) is 8.66. The van der Waals surface area contributed by atoms with Crippen LogP contribution in [0, 0.1) is 0 Å². The van der Waals surface area contributed by atoms with Crippen LogP contribution in [0.4, 0.5) is 0 Å². The first-order valence-corrected chi connectivity index (χ1v) is 14.1. The van der Waals surface area contributed by atoms with Crippen molar-refractivity contribution in [2.75, 3.05) is 6.16 Å². The first kappa shape index (κ1) is 29.7. The van der Waals surface area contributed by atoms with E-state index in [0.717, 1.165) is 0 Å². The van der Waals surface area contributed by atoms with Crippen molar-refractivity contribution in [3.05, 3.63) is 121 Å². The summed E-state index contributed by atoms with van der Waals surface area (Å²) in [6, 6.07) is 44.1. The van der Waals surface area contributed by atoms with Crippen molar-refractivity contribution in [1.82, 2.24) is 0 Å². The number of rotatable bonds is 4. The molecule has 0 N–H and O–H groups in total. The maximum Gasteiger partial charge on any atom is 4.00 e. The van der Waals surface area contributed by atoms with E-state index in [-0.39, 0.29) is 39.0 Å². The molecule has 0 nitrogen and oxygen atoms in total. The number of benzene rings is 4. The van der Waals surface area contributed by atoms with Gasteiger partial charge in [-0.15, -0.1) is 63.2 Å². The summed E-state index contributed by atoms with van der Waals surface area (Å²) < 4.78 is 0. The van der Waals surface area contributed by atoms with Crippen molar-refractivity contribution in [1.29, 1.82) is 0 Å². The zero-order valence-corrected chi connectivity index (χ0v) is 23.8. The van der Waals surface area contributed by atoms with E-state index >= 15 is 0 Å². The van der Waals surface area contributed by atoms with Crippen molar-refractivity contribution in [3.63, 3.8) is 0 Å². The van der Waals surface area contributed by atoms with Crippen molar-refractivity contribution in [2.24, 2.45) is 0 Å². The molecule has 0 radical (unpaired) electrons. The predicted molar refractivity (Wildman–Crippen MR) is 156 cm³/mol. The summed E-state index contributed by atoms with van der Waals surface area (Å²) in [7, 11) is -0.178. The minimum atomic E-state index is -0.178. The molecule has 2 bridgehead atoms. The maximum absolute atomic E-state index is 2.45. The van der Waals surface area contributed by atoms with Gasteiger partial charge >= 0.3 is 21.7 Å². The van der Waals surface area contributed by atoms with Crippen molar-refractivity contribution < 1.29 is 31.1 Å². The van der Waals surface area contributed by atoms with E-state index in [9.17, 15) is 0 Å². The topological polar surface area (TPSA) is 0 Å². The average Bonchev–Trinajstić information content (AvgIpc) is 3.54. The largest absolute Gasteiger partial charge is 4.00 e. The van der Waals surface area contributed by atoms with E-state index in [1.807, 2.05) is 0 Å². The summed E-state index contributed by atoms with van der Waals surface area (Å²) in [5.74, 6) is 0. The van der Waals surface area contributed by atoms with Crippen LogP contribution in [0.2, 0.25) is 0 Å². The third-order valence-corrected chi connectivity index (χ3v) is 9.65. The molecule has 1 aliphatic rings. The van der Waals surface area contributed by atoms with E-state index in [1.54, 1.807) is 10.6 Å². The fourth-order valence-electron chi connectivity index (χ4n) is 5.28. The Morgan fingerprint density at radius 1 is 0.658 bits per heavy atom. The van der Waals surface area contributed by atoms with Gasteiger partial charge < -0.3 is 9.41 Å². The summed E-state index contributed by atoms with van der Waals surface area (Å²) in [4.78, 5) is 0. The number of hydrogen-bond donors (Lipinski definition) is 0. The smallest absolute Gasteiger partial charge is 1.00 e. The Morgan fingerprint density at radius 3 is 2.13 bits per heavy atom. The predicted octanol–water partition coefficient (Wildman–Crippen LogP) is 3.00. The van der Waals surface area contributed by atoms with E-state index in [1.165, 1.54) is 62.8 Å². The fraction of sp³-hybridized carbons (Fsp3) is 0.118. The molecule has 0 aromatic heterocycles. The molecule has 38 heavy (non-hydrogen) atoms. The van der Waals surface area contributed by atoms with Crippen LogP contribution in [0.1, 0.15) is 19.8 Å². The van der Waals surface area contributed by atoms with Crippen LogP contribution in [0.5, 0.6) is 0 Å². The first-order valence-electron chi connectivity index (χ1n) is 12.6. The van der Waals surface area contributed by atoms with E-state index in [2.05, 4.69) is 128 Å². The van der Waals surface area contributed by atoms with E-state index in [4.69, 9.17) is 0 Å². The number of fused-ring (bicyclic) bond motifs is 4. The molecule has 1 aliphatic heterocycles. The third kappa shape index (κ3) is 5.59. The minimum absolute atomic E-state index is 0. The first-order chi connectivity index (χ1) is 17.3. The Morgan fingerprint density at radius 2 is 1.34 bits per heavy atom. The molecule has 7 rings (SSSR count). The second kappa shape index (κ2) is 13.3. The molecule has 0 fully saturated rings. The zero-order chi connectivity index (χ0) is 23.6. The molecule has 0 aliphatic carbocycles. The SMILES string of the molecule is CCCCP1c2cc3c(cccc3[cH-]2)-c2ccccc21.[F-].[F-].[Ti+4].c1ccc(-c2cccc3[cH-]ccc23)cc1. The molecule has 0 saturated carbocycles. The molecule has 4 heteroatoms. The number of halogens is 2. The van der Waals surface area contributed by atoms with Crippen LogP contribution < -0.4 is 20.0 Å². The standard InChI is InChI=1S/C19H18P.C15H11.2FH.Ti/c1-2-3-11-20-15-12-14-7-6-9-16(18(14)13-15)17-8-4-5-10-19(17)20;1-2-6-12(7-3-1)14-10-4-8-13-9-5-11-15(13)14;;;/h4-10,12-13H,2-3,11H2,1H3;1-11H;2*1H;/q2*-1;;;+4/p-2. The zero-order valence-electron chi connectivity index (χ0n) is 21.4. The average molecular weight is 554 g/mol. The molecule has 6 aromatic carbocycles. The van der Waals surface area contributed by atoms with E-state index in [0.29, 0.717) is 0 Å². The van der Waals surface area contributed by atoms with Gasteiger partial charge in [0, 0.05) is 0 Å².